The Morgan fingerprint density at radius 1 is 0.514 bits per heavy atom. The molecule has 0 N–H and O–H groups in total. The Bertz CT molecular complexity index is 1030. The van der Waals surface area contributed by atoms with Gasteiger partial charge in [0.05, 0.1) is 42.7 Å². The molecule has 35 heavy (non-hydrogen) atoms. The van der Waals surface area contributed by atoms with E-state index in [1.165, 1.54) is 0 Å². The van der Waals surface area contributed by atoms with Crippen molar-refractivity contribution < 1.29 is 33.2 Å². The van der Waals surface area contributed by atoms with Gasteiger partial charge in [-0.3, -0.25) is 4.79 Å². The Labute approximate surface area is 207 Å². The number of Topliss-reactive ketones (excluding diaryl/α,β-unsaturated/α-hetero) is 1. The molecule has 0 amide bonds. The first-order valence-corrected chi connectivity index (χ1v) is 11.5. The number of ketones is 1. The Balaban J connectivity index is 2.08. The topological polar surface area (TPSA) is 72.5 Å². The van der Waals surface area contributed by atoms with Gasteiger partial charge in [-0.15, -0.1) is 0 Å². The van der Waals surface area contributed by atoms with Crippen LogP contribution in [0.4, 0.5) is 0 Å². The summed E-state index contributed by atoms with van der Waals surface area (Å²) in [5.74, 6) is 3.51. The molecule has 2 aromatic carbocycles. The molecule has 0 atom stereocenters. The van der Waals surface area contributed by atoms with Crippen molar-refractivity contribution in [2.45, 2.75) is 32.1 Å². The lowest BCUT2D eigenvalue weighted by Gasteiger charge is -2.17. The van der Waals surface area contributed by atoms with E-state index in [1.807, 2.05) is 24.3 Å². The van der Waals surface area contributed by atoms with Crippen LogP contribution in [-0.2, 0) is 4.79 Å². The van der Waals surface area contributed by atoms with Crippen LogP contribution < -0.4 is 28.4 Å². The van der Waals surface area contributed by atoms with Crippen molar-refractivity contribution in [1.29, 1.82) is 0 Å². The van der Waals surface area contributed by atoms with Crippen molar-refractivity contribution >= 4 is 17.9 Å². The third-order valence-corrected chi connectivity index (χ3v) is 6.11. The van der Waals surface area contributed by atoms with Crippen molar-refractivity contribution in [2.24, 2.45) is 0 Å². The van der Waals surface area contributed by atoms with Crippen LogP contribution in [0.3, 0.4) is 0 Å². The third kappa shape index (κ3) is 5.91. The van der Waals surface area contributed by atoms with Gasteiger partial charge in [0, 0.05) is 34.4 Å². The van der Waals surface area contributed by atoms with Gasteiger partial charge in [0.1, 0.15) is 11.5 Å². The third-order valence-electron chi connectivity index (χ3n) is 6.11. The second-order valence-corrected chi connectivity index (χ2v) is 8.13. The van der Waals surface area contributed by atoms with E-state index in [-0.39, 0.29) is 5.78 Å². The monoisotopic (exact) mass is 482 g/mol. The van der Waals surface area contributed by atoms with Gasteiger partial charge in [-0.2, -0.15) is 0 Å². The summed E-state index contributed by atoms with van der Waals surface area (Å²) in [4.78, 5) is 13.7. The zero-order valence-electron chi connectivity index (χ0n) is 21.4. The van der Waals surface area contributed by atoms with Crippen molar-refractivity contribution in [3.8, 4) is 34.5 Å². The number of rotatable bonds is 8. The van der Waals surface area contributed by atoms with Gasteiger partial charge in [-0.05, 0) is 50.0 Å². The van der Waals surface area contributed by atoms with Gasteiger partial charge >= 0.3 is 0 Å². The smallest absolute Gasteiger partial charge is 0.185 e. The summed E-state index contributed by atoms with van der Waals surface area (Å²) >= 11 is 0. The van der Waals surface area contributed by atoms with E-state index in [0.717, 1.165) is 41.5 Å². The number of ether oxygens (including phenoxy) is 6. The number of methoxy groups -OCH3 is 6. The van der Waals surface area contributed by atoms with E-state index >= 15 is 0 Å². The van der Waals surface area contributed by atoms with E-state index in [1.54, 1.807) is 54.8 Å². The Kier molecular flexibility index (Phi) is 9.06. The van der Waals surface area contributed by atoms with Gasteiger partial charge in [-0.1, -0.05) is 6.42 Å². The molecule has 0 radical (unpaired) electrons. The highest BCUT2D eigenvalue weighted by molar-refractivity contribution is 6.13. The fraction of sp³-hybridized carbons (Fsp3) is 0.393. The Morgan fingerprint density at radius 2 is 0.857 bits per heavy atom. The van der Waals surface area contributed by atoms with Gasteiger partial charge in [0.15, 0.2) is 28.8 Å². The first-order chi connectivity index (χ1) is 17.0. The summed E-state index contributed by atoms with van der Waals surface area (Å²) in [5, 5.41) is 0. The predicted octanol–water partition coefficient (Wildman–Crippen LogP) is 5.74. The molecule has 7 heteroatoms. The maximum atomic E-state index is 13.7. The van der Waals surface area contributed by atoms with Crippen LogP contribution in [-0.4, -0.2) is 48.4 Å². The number of hydrogen-bond acceptors (Lipinski definition) is 7. The summed E-state index contributed by atoms with van der Waals surface area (Å²) in [6.07, 6.45) is 8.07. The molecule has 3 rings (SSSR count). The normalized spacial score (nSPS) is 16.5. The van der Waals surface area contributed by atoms with Gasteiger partial charge < -0.3 is 28.4 Å². The quantitative estimate of drug-likeness (QED) is 0.444. The number of hydrogen-bond donors (Lipinski definition) is 0. The molecule has 0 heterocycles. The molecule has 2 aromatic rings. The van der Waals surface area contributed by atoms with E-state index in [0.29, 0.717) is 47.3 Å². The molecule has 1 aliphatic carbocycles. The summed E-state index contributed by atoms with van der Waals surface area (Å²) in [6, 6.07) is 7.20. The van der Waals surface area contributed by atoms with Crippen molar-refractivity contribution in [3.63, 3.8) is 0 Å². The minimum Gasteiger partial charge on any atom is -0.496 e. The maximum absolute atomic E-state index is 13.7. The van der Waals surface area contributed by atoms with E-state index < -0.39 is 0 Å². The molecule has 1 aliphatic rings. The standard InChI is InChI=1S/C28H34O7/c1-30-22-16-26(34-5)24(32-3)14-20(22)12-18-10-8-7-9-11-19(28(18)29)13-21-15-25(33-4)27(35-6)17-23(21)31-2/h12-17H,7-11H2,1-6H3/b18-12-,19-13+. The highest BCUT2D eigenvalue weighted by atomic mass is 16.5. The fourth-order valence-electron chi connectivity index (χ4n) is 4.22. The minimum absolute atomic E-state index is 0.0124. The van der Waals surface area contributed by atoms with Crippen LogP contribution in [0.2, 0.25) is 0 Å². The minimum atomic E-state index is 0.0124. The summed E-state index contributed by atoms with van der Waals surface area (Å²) in [6.45, 7) is 0. The van der Waals surface area contributed by atoms with Crippen LogP contribution in [0.25, 0.3) is 12.2 Å². The lowest BCUT2D eigenvalue weighted by atomic mass is 9.88. The highest BCUT2D eigenvalue weighted by Gasteiger charge is 2.21. The zero-order valence-corrected chi connectivity index (χ0v) is 21.4. The molecule has 0 bridgehead atoms. The Morgan fingerprint density at radius 3 is 1.20 bits per heavy atom. The average molecular weight is 483 g/mol. The van der Waals surface area contributed by atoms with E-state index in [2.05, 4.69) is 0 Å². The number of benzene rings is 2. The summed E-state index contributed by atoms with van der Waals surface area (Å²) < 4.78 is 32.8. The second kappa shape index (κ2) is 12.2. The molecule has 0 spiro atoms. The van der Waals surface area contributed by atoms with Gasteiger partial charge in [-0.25, -0.2) is 0 Å². The van der Waals surface area contributed by atoms with Crippen LogP contribution >= 0.6 is 0 Å². The Hall–Kier alpha value is -3.61. The molecule has 1 saturated carbocycles. The van der Waals surface area contributed by atoms with Crippen LogP contribution in [0, 0.1) is 0 Å². The lowest BCUT2D eigenvalue weighted by Crippen LogP contribution is -2.10. The molecule has 0 aliphatic heterocycles. The molecule has 1 fully saturated rings. The van der Waals surface area contributed by atoms with Crippen LogP contribution in [0.15, 0.2) is 35.4 Å². The van der Waals surface area contributed by atoms with Crippen LogP contribution in [0.5, 0.6) is 34.5 Å². The molecule has 188 valence electrons. The first kappa shape index (κ1) is 26.0. The molecular formula is C28H34O7. The highest BCUT2D eigenvalue weighted by Crippen LogP contribution is 2.38. The van der Waals surface area contributed by atoms with Crippen molar-refractivity contribution in [2.75, 3.05) is 42.7 Å². The lowest BCUT2D eigenvalue weighted by molar-refractivity contribution is -0.112. The van der Waals surface area contributed by atoms with Gasteiger partial charge in [0.25, 0.3) is 0 Å². The number of carbonyl (C=O) groups is 1. The molecule has 0 unspecified atom stereocenters. The van der Waals surface area contributed by atoms with Crippen molar-refractivity contribution in [1.82, 2.24) is 0 Å². The second-order valence-electron chi connectivity index (χ2n) is 8.13. The van der Waals surface area contributed by atoms with Crippen LogP contribution in [0.1, 0.15) is 43.2 Å². The zero-order chi connectivity index (χ0) is 25.4. The summed E-state index contributed by atoms with van der Waals surface area (Å²) in [7, 11) is 9.51. The van der Waals surface area contributed by atoms with Gasteiger partial charge in [0.2, 0.25) is 0 Å². The SMILES string of the molecule is COc1cc(OC)c(OC)cc1/C=C1/CCCCC/C(=C\c2cc(OC)c(OC)cc2OC)C1=O. The molecule has 0 aromatic heterocycles. The predicted molar refractivity (Wildman–Crippen MR) is 136 cm³/mol. The van der Waals surface area contributed by atoms with E-state index in [9.17, 15) is 4.79 Å². The van der Waals surface area contributed by atoms with E-state index in [4.69, 9.17) is 28.4 Å². The fourth-order valence-corrected chi connectivity index (χ4v) is 4.22. The largest absolute Gasteiger partial charge is 0.496 e. The maximum Gasteiger partial charge on any atom is 0.185 e. The first-order valence-electron chi connectivity index (χ1n) is 11.5. The molecule has 7 nitrogen and oxygen atoms in total. The summed E-state index contributed by atoms with van der Waals surface area (Å²) in [5.41, 5.74) is 2.97. The number of carbonyl (C=O) groups excluding carboxylic acids is 1. The molecular weight excluding hydrogens is 448 g/mol. The molecule has 0 saturated heterocycles. The van der Waals surface area contributed by atoms with Crippen molar-refractivity contribution in [3.05, 3.63) is 46.5 Å². The average Bonchev–Trinajstić information content (AvgIpc) is 2.89. The number of allylic oxidation sites excluding steroid dienone is 2.